The molecule has 0 amide bonds. The molecule has 2 fully saturated rings. The molecule has 4 heteroatoms. The number of aromatic hydroxyl groups is 1. The van der Waals surface area contributed by atoms with Gasteiger partial charge in [-0.3, -0.25) is 9.98 Å². The van der Waals surface area contributed by atoms with Gasteiger partial charge in [0.15, 0.2) is 0 Å². The number of hydrogen-bond donors (Lipinski definition) is 2. The van der Waals surface area contributed by atoms with Crippen molar-refractivity contribution >= 4 is 12.4 Å². The van der Waals surface area contributed by atoms with Crippen LogP contribution >= 0.6 is 0 Å². The second-order valence-corrected chi connectivity index (χ2v) is 13.2. The number of nitrogens with zero attached hydrogens (tertiary/aromatic N) is 2. The molecule has 3 rings (SSSR count). The first-order valence-corrected chi connectivity index (χ1v) is 13.4. The summed E-state index contributed by atoms with van der Waals surface area (Å²) in [6, 6.07) is 4.36. The third-order valence-electron chi connectivity index (χ3n) is 7.95. The minimum Gasteiger partial charge on any atom is -0.507 e. The first kappa shape index (κ1) is 26.9. The maximum absolute atomic E-state index is 11.1. The maximum atomic E-state index is 11.1. The van der Waals surface area contributed by atoms with Crippen LogP contribution in [0.1, 0.15) is 104 Å². The Morgan fingerprint density at radius 3 is 2.15 bits per heavy atom. The van der Waals surface area contributed by atoms with Crippen LogP contribution in [-0.4, -0.2) is 40.8 Å². The van der Waals surface area contributed by atoms with E-state index in [1.165, 1.54) is 6.42 Å². The Hall–Kier alpha value is -1.68. The quantitative estimate of drug-likeness (QED) is 0.474. The van der Waals surface area contributed by atoms with Gasteiger partial charge in [0.25, 0.3) is 0 Å². The summed E-state index contributed by atoms with van der Waals surface area (Å²) in [6.45, 7) is 17.5. The van der Waals surface area contributed by atoms with Gasteiger partial charge < -0.3 is 10.2 Å². The molecular weight excluding hydrogens is 420 g/mol. The monoisotopic (exact) mass is 468 g/mol. The number of benzene rings is 1. The van der Waals surface area contributed by atoms with Crippen molar-refractivity contribution < 1.29 is 10.2 Å². The molecule has 4 unspecified atom stereocenters. The second kappa shape index (κ2) is 10.5. The highest BCUT2D eigenvalue weighted by Crippen LogP contribution is 2.42. The van der Waals surface area contributed by atoms with Crippen LogP contribution in [0.15, 0.2) is 22.1 Å². The Balaban J connectivity index is 1.78. The summed E-state index contributed by atoms with van der Waals surface area (Å²) < 4.78 is 0. The summed E-state index contributed by atoms with van der Waals surface area (Å²) in [7, 11) is 0. The van der Waals surface area contributed by atoms with Crippen LogP contribution in [-0.2, 0) is 5.41 Å². The van der Waals surface area contributed by atoms with Gasteiger partial charge >= 0.3 is 0 Å². The minimum absolute atomic E-state index is 0.0968. The van der Waals surface area contributed by atoms with Gasteiger partial charge in [0, 0.05) is 29.5 Å². The van der Waals surface area contributed by atoms with Crippen molar-refractivity contribution in [3.8, 4) is 5.75 Å². The van der Waals surface area contributed by atoms with Crippen molar-refractivity contribution in [2.45, 2.75) is 118 Å². The number of hydrogen-bond acceptors (Lipinski definition) is 4. The lowest BCUT2D eigenvalue weighted by atomic mass is 9.64. The molecule has 1 aromatic carbocycles. The van der Waals surface area contributed by atoms with Crippen LogP contribution in [0.3, 0.4) is 0 Å². The zero-order valence-electron chi connectivity index (χ0n) is 22.8. The van der Waals surface area contributed by atoms with Crippen LogP contribution in [0.4, 0.5) is 0 Å². The van der Waals surface area contributed by atoms with Crippen LogP contribution in [0.5, 0.6) is 5.75 Å². The minimum atomic E-state index is -0.328. The molecule has 6 atom stereocenters. The Labute approximate surface area is 208 Å². The van der Waals surface area contributed by atoms with Crippen molar-refractivity contribution in [2.75, 3.05) is 0 Å². The summed E-state index contributed by atoms with van der Waals surface area (Å²) in [5.41, 5.74) is 2.86. The third kappa shape index (κ3) is 6.50. The molecule has 0 saturated heterocycles. The molecule has 2 N–H and O–H groups in total. The van der Waals surface area contributed by atoms with Crippen molar-refractivity contribution in [1.82, 2.24) is 0 Å². The number of aryl methyl sites for hydroxylation is 1. The summed E-state index contributed by atoms with van der Waals surface area (Å²) >= 11 is 0. The molecule has 2 aliphatic rings. The molecule has 2 saturated carbocycles. The van der Waals surface area contributed by atoms with E-state index in [4.69, 9.17) is 9.98 Å². The number of aliphatic hydroxyl groups excluding tert-OH is 1. The Morgan fingerprint density at radius 2 is 1.56 bits per heavy atom. The molecule has 34 heavy (non-hydrogen) atoms. The predicted octanol–water partition coefficient (Wildman–Crippen LogP) is 6.87. The van der Waals surface area contributed by atoms with Crippen molar-refractivity contribution in [3.05, 3.63) is 28.8 Å². The van der Waals surface area contributed by atoms with Crippen LogP contribution in [0.25, 0.3) is 0 Å². The average molecular weight is 469 g/mol. The van der Waals surface area contributed by atoms with E-state index in [2.05, 4.69) is 67.7 Å². The zero-order chi connectivity index (χ0) is 25.3. The fraction of sp³-hybridized carbons (Fsp3) is 0.733. The predicted molar refractivity (Wildman–Crippen MR) is 145 cm³/mol. The van der Waals surface area contributed by atoms with E-state index in [9.17, 15) is 10.2 Å². The van der Waals surface area contributed by atoms with E-state index in [-0.39, 0.29) is 34.9 Å². The topological polar surface area (TPSA) is 65.2 Å². The Morgan fingerprint density at radius 1 is 0.941 bits per heavy atom. The van der Waals surface area contributed by atoms with Gasteiger partial charge in [0.1, 0.15) is 5.75 Å². The molecular formula is C30H48N2O2. The van der Waals surface area contributed by atoms with Gasteiger partial charge in [-0.1, -0.05) is 67.4 Å². The second-order valence-electron chi connectivity index (χ2n) is 13.2. The van der Waals surface area contributed by atoms with Crippen molar-refractivity contribution in [1.29, 1.82) is 0 Å². The summed E-state index contributed by atoms with van der Waals surface area (Å²) in [5.74, 6) is 1.36. The summed E-state index contributed by atoms with van der Waals surface area (Å²) in [6.07, 6.45) is 10.1. The van der Waals surface area contributed by atoms with Gasteiger partial charge in [-0.25, -0.2) is 0 Å². The Kier molecular flexibility index (Phi) is 8.33. The number of phenolic OH excluding ortho intramolecular Hbond substituents is 1. The first-order chi connectivity index (χ1) is 15.8. The van der Waals surface area contributed by atoms with E-state index in [0.717, 1.165) is 48.8 Å². The molecule has 0 aliphatic heterocycles. The van der Waals surface area contributed by atoms with Gasteiger partial charge in [-0.2, -0.15) is 0 Å². The van der Waals surface area contributed by atoms with E-state index in [1.807, 2.05) is 12.3 Å². The highest BCUT2D eigenvalue weighted by atomic mass is 16.3. The van der Waals surface area contributed by atoms with Gasteiger partial charge in [0.2, 0.25) is 0 Å². The summed E-state index contributed by atoms with van der Waals surface area (Å²) in [4.78, 5) is 9.99. The lowest BCUT2D eigenvalue weighted by molar-refractivity contribution is -0.0243. The van der Waals surface area contributed by atoms with Crippen LogP contribution in [0.2, 0.25) is 0 Å². The number of phenols is 1. The fourth-order valence-corrected chi connectivity index (χ4v) is 5.90. The molecule has 190 valence electrons. The van der Waals surface area contributed by atoms with Crippen molar-refractivity contribution in [2.24, 2.45) is 33.2 Å². The number of aliphatic hydroxyl groups is 1. The maximum Gasteiger partial charge on any atom is 0.128 e. The van der Waals surface area contributed by atoms with E-state index in [0.29, 0.717) is 17.6 Å². The van der Waals surface area contributed by atoms with Gasteiger partial charge in [-0.05, 0) is 66.9 Å². The standard InChI is InChI=1S/C30H48N2O2/c1-19-13-21(27(33)23(15-19)29(3,4)5)17-31-25-11-9-10-12-26(25)32-18-22-14-20(2)16-24(28(22)34)30(6,7)8/h13,15,17-18,20,22,24-26,28,33-34H,9-12,14,16H2,1-8H3/b31-17+,32-18+/t20?,22?,24?,25-,26+,28?/m0/s1. The zero-order valence-corrected chi connectivity index (χ0v) is 22.8. The van der Waals surface area contributed by atoms with Gasteiger partial charge in [-0.15, -0.1) is 0 Å². The van der Waals surface area contributed by atoms with E-state index >= 15 is 0 Å². The third-order valence-corrected chi connectivity index (χ3v) is 7.95. The molecule has 4 nitrogen and oxygen atoms in total. The Bertz CT molecular complexity index is 890. The molecule has 0 radical (unpaired) electrons. The van der Waals surface area contributed by atoms with Crippen LogP contribution < -0.4 is 0 Å². The van der Waals surface area contributed by atoms with Crippen LogP contribution in [0, 0.1) is 30.1 Å². The smallest absolute Gasteiger partial charge is 0.128 e. The lowest BCUT2D eigenvalue weighted by Gasteiger charge is -2.43. The molecule has 0 spiro atoms. The highest BCUT2D eigenvalue weighted by molar-refractivity contribution is 5.85. The number of aliphatic imine (C=N–C) groups is 2. The average Bonchev–Trinajstić information content (AvgIpc) is 2.73. The summed E-state index contributed by atoms with van der Waals surface area (Å²) in [5, 5.41) is 22.0. The SMILES string of the molecule is Cc1cc(/C=N/[C@H]2CCCC[C@H]2/N=C/C2CC(C)CC(C(C)(C)C)C2O)c(O)c(C(C)(C)C)c1. The van der Waals surface area contributed by atoms with E-state index in [1.54, 1.807) is 0 Å². The fourth-order valence-electron chi connectivity index (χ4n) is 5.90. The molecule has 0 heterocycles. The molecule has 1 aromatic rings. The number of rotatable bonds is 4. The van der Waals surface area contributed by atoms with Crippen molar-refractivity contribution in [3.63, 3.8) is 0 Å². The molecule has 0 bridgehead atoms. The normalized spacial score (nSPS) is 31.4. The lowest BCUT2D eigenvalue weighted by Crippen LogP contribution is -2.43. The highest BCUT2D eigenvalue weighted by Gasteiger charge is 2.40. The molecule has 2 aliphatic carbocycles. The van der Waals surface area contributed by atoms with Gasteiger partial charge in [0.05, 0.1) is 18.2 Å². The largest absolute Gasteiger partial charge is 0.507 e. The first-order valence-electron chi connectivity index (χ1n) is 13.4. The van der Waals surface area contributed by atoms with E-state index < -0.39 is 0 Å². The molecule has 0 aromatic heterocycles.